The van der Waals surface area contributed by atoms with Crippen molar-refractivity contribution in [1.29, 1.82) is 0 Å². The molecule has 4 nitrogen and oxygen atoms in total. The zero-order valence-electron chi connectivity index (χ0n) is 13.5. The number of alkyl carbamates (subject to hydrolysis) is 1. The fourth-order valence-corrected chi connectivity index (χ4v) is 2.31. The van der Waals surface area contributed by atoms with Crippen LogP contribution in [0, 0.1) is 18.7 Å². The van der Waals surface area contributed by atoms with Gasteiger partial charge in [0.1, 0.15) is 11.4 Å². The maximum absolute atomic E-state index is 13.8. The van der Waals surface area contributed by atoms with Crippen LogP contribution >= 0.6 is 0 Å². The molecule has 0 radical (unpaired) electrons. The summed E-state index contributed by atoms with van der Waals surface area (Å²) in [5, 5.41) is 13.1. The second kappa shape index (κ2) is 6.24. The van der Waals surface area contributed by atoms with E-state index in [1.54, 1.807) is 39.8 Å². The van der Waals surface area contributed by atoms with Gasteiger partial charge < -0.3 is 15.2 Å². The van der Waals surface area contributed by atoms with E-state index < -0.39 is 23.8 Å². The van der Waals surface area contributed by atoms with Crippen LogP contribution in [0.15, 0.2) is 18.2 Å². The molecule has 1 fully saturated rings. The van der Waals surface area contributed by atoms with E-state index in [0.717, 1.165) is 12.8 Å². The quantitative estimate of drug-likeness (QED) is 0.895. The molecule has 1 aliphatic rings. The summed E-state index contributed by atoms with van der Waals surface area (Å²) >= 11 is 0. The Hall–Kier alpha value is -1.62. The van der Waals surface area contributed by atoms with Crippen LogP contribution < -0.4 is 5.32 Å². The number of amides is 1. The molecule has 22 heavy (non-hydrogen) atoms. The second-order valence-corrected chi connectivity index (χ2v) is 6.96. The number of carbonyl (C=O) groups excluding carboxylic acids is 1. The molecule has 1 aliphatic carbocycles. The molecule has 2 N–H and O–H groups in total. The molecule has 0 bridgehead atoms. The van der Waals surface area contributed by atoms with E-state index in [0.29, 0.717) is 11.1 Å². The summed E-state index contributed by atoms with van der Waals surface area (Å²) in [6.45, 7) is 6.98. The predicted octanol–water partition coefficient (Wildman–Crippen LogP) is 3.47. The van der Waals surface area contributed by atoms with E-state index >= 15 is 0 Å². The van der Waals surface area contributed by atoms with Crippen molar-refractivity contribution in [2.45, 2.75) is 58.3 Å². The smallest absolute Gasteiger partial charge is 0.408 e. The van der Waals surface area contributed by atoms with Crippen LogP contribution in [0.5, 0.6) is 0 Å². The highest BCUT2D eigenvalue weighted by atomic mass is 19.1. The number of ether oxygens (including phenoxy) is 1. The standard InChI is InChI=1S/C17H24FNO3/c1-10-5-6-12(9-13(10)18)14(15(20)11-7-8-11)19-16(21)22-17(2,3)4/h5-6,9,11,14-15,20H,7-8H2,1-4H3,(H,19,21). The third-order valence-corrected chi connectivity index (χ3v) is 3.67. The summed E-state index contributed by atoms with van der Waals surface area (Å²) < 4.78 is 19.0. The molecule has 0 aromatic heterocycles. The lowest BCUT2D eigenvalue weighted by Crippen LogP contribution is -2.40. The van der Waals surface area contributed by atoms with Crippen molar-refractivity contribution in [3.8, 4) is 0 Å². The van der Waals surface area contributed by atoms with E-state index in [4.69, 9.17) is 4.74 Å². The third kappa shape index (κ3) is 4.44. The van der Waals surface area contributed by atoms with Crippen LogP contribution in [0.3, 0.4) is 0 Å². The van der Waals surface area contributed by atoms with Crippen molar-refractivity contribution in [1.82, 2.24) is 5.32 Å². The number of rotatable bonds is 4. The summed E-state index contributed by atoms with van der Waals surface area (Å²) in [6, 6.07) is 4.07. The SMILES string of the molecule is Cc1ccc(C(NC(=O)OC(C)(C)C)C(O)C2CC2)cc1F. The van der Waals surface area contributed by atoms with Gasteiger partial charge in [-0.1, -0.05) is 12.1 Å². The first kappa shape index (κ1) is 16.7. The average Bonchev–Trinajstić information content (AvgIpc) is 3.21. The summed E-state index contributed by atoms with van der Waals surface area (Å²) in [4.78, 5) is 12.0. The van der Waals surface area contributed by atoms with Gasteiger partial charge in [-0.25, -0.2) is 9.18 Å². The van der Waals surface area contributed by atoms with Crippen molar-refractivity contribution < 1.29 is 19.0 Å². The van der Waals surface area contributed by atoms with Gasteiger partial charge in [0.05, 0.1) is 12.1 Å². The first-order chi connectivity index (χ1) is 10.2. The van der Waals surface area contributed by atoms with Crippen LogP contribution in [-0.2, 0) is 4.74 Å². The predicted molar refractivity (Wildman–Crippen MR) is 82.0 cm³/mol. The Morgan fingerprint density at radius 3 is 2.55 bits per heavy atom. The van der Waals surface area contributed by atoms with Gasteiger partial charge in [-0.2, -0.15) is 0 Å². The fourth-order valence-electron chi connectivity index (χ4n) is 2.31. The highest BCUT2D eigenvalue weighted by molar-refractivity contribution is 5.68. The van der Waals surface area contributed by atoms with Gasteiger partial charge in [0.25, 0.3) is 0 Å². The molecule has 1 aromatic rings. The number of hydrogen-bond donors (Lipinski definition) is 2. The topological polar surface area (TPSA) is 58.6 Å². The Morgan fingerprint density at radius 1 is 1.41 bits per heavy atom. The van der Waals surface area contributed by atoms with E-state index in [1.165, 1.54) is 6.07 Å². The molecule has 1 saturated carbocycles. The number of aliphatic hydroxyl groups excluding tert-OH is 1. The minimum atomic E-state index is -0.741. The number of nitrogens with one attached hydrogen (secondary N) is 1. The normalized spacial score (nSPS) is 17.7. The van der Waals surface area contributed by atoms with Crippen LogP contribution in [-0.4, -0.2) is 22.9 Å². The Bertz CT molecular complexity index is 549. The van der Waals surface area contributed by atoms with Crippen molar-refractivity contribution in [3.63, 3.8) is 0 Å². The largest absolute Gasteiger partial charge is 0.444 e. The molecule has 0 aliphatic heterocycles. The molecule has 1 amide bonds. The summed E-state index contributed by atoms with van der Waals surface area (Å²) in [5.41, 5.74) is 0.451. The van der Waals surface area contributed by atoms with Crippen molar-refractivity contribution in [2.75, 3.05) is 0 Å². The van der Waals surface area contributed by atoms with Gasteiger partial charge in [-0.05, 0) is 63.6 Å². The monoisotopic (exact) mass is 309 g/mol. The molecule has 0 heterocycles. The zero-order chi connectivity index (χ0) is 16.5. The number of carbonyl (C=O) groups is 1. The van der Waals surface area contributed by atoms with Crippen molar-refractivity contribution in [2.24, 2.45) is 5.92 Å². The maximum Gasteiger partial charge on any atom is 0.408 e. The molecule has 2 rings (SSSR count). The van der Waals surface area contributed by atoms with E-state index in [1.807, 2.05) is 0 Å². The number of aliphatic hydroxyl groups is 1. The van der Waals surface area contributed by atoms with Gasteiger partial charge in [-0.15, -0.1) is 0 Å². The van der Waals surface area contributed by atoms with Crippen molar-refractivity contribution >= 4 is 6.09 Å². The van der Waals surface area contributed by atoms with Crippen LogP contribution in [0.25, 0.3) is 0 Å². The molecular weight excluding hydrogens is 285 g/mol. The first-order valence-electron chi connectivity index (χ1n) is 7.61. The Morgan fingerprint density at radius 2 is 2.05 bits per heavy atom. The van der Waals surface area contributed by atoms with E-state index in [9.17, 15) is 14.3 Å². The zero-order valence-corrected chi connectivity index (χ0v) is 13.5. The molecule has 2 unspecified atom stereocenters. The van der Waals surface area contributed by atoms with Crippen molar-refractivity contribution in [3.05, 3.63) is 35.1 Å². The Labute approximate surface area is 130 Å². The highest BCUT2D eigenvalue weighted by Gasteiger charge is 2.37. The minimum Gasteiger partial charge on any atom is -0.444 e. The third-order valence-electron chi connectivity index (χ3n) is 3.67. The van der Waals surface area contributed by atoms with Crippen LogP contribution in [0.1, 0.15) is 50.8 Å². The van der Waals surface area contributed by atoms with E-state index in [2.05, 4.69) is 5.32 Å². The number of halogens is 1. The lowest BCUT2D eigenvalue weighted by Gasteiger charge is -2.27. The summed E-state index contributed by atoms with van der Waals surface area (Å²) in [5.74, 6) is -0.208. The number of hydrogen-bond acceptors (Lipinski definition) is 3. The molecule has 2 atom stereocenters. The lowest BCUT2D eigenvalue weighted by atomic mass is 9.97. The van der Waals surface area contributed by atoms with Gasteiger partial charge in [-0.3, -0.25) is 0 Å². The van der Waals surface area contributed by atoms with Gasteiger partial charge in [0, 0.05) is 0 Å². The van der Waals surface area contributed by atoms with Gasteiger partial charge in [0.15, 0.2) is 0 Å². The molecule has 0 spiro atoms. The maximum atomic E-state index is 13.8. The fraction of sp³-hybridized carbons (Fsp3) is 0.588. The summed E-state index contributed by atoms with van der Waals surface area (Å²) in [6.07, 6.45) is 0.483. The molecule has 0 saturated heterocycles. The first-order valence-corrected chi connectivity index (χ1v) is 7.61. The molecular formula is C17H24FNO3. The molecule has 122 valence electrons. The van der Waals surface area contributed by atoms with Gasteiger partial charge >= 0.3 is 6.09 Å². The minimum absolute atomic E-state index is 0.143. The second-order valence-electron chi connectivity index (χ2n) is 6.96. The molecule has 1 aromatic carbocycles. The lowest BCUT2D eigenvalue weighted by molar-refractivity contribution is 0.0395. The highest BCUT2D eigenvalue weighted by Crippen LogP contribution is 2.38. The molecule has 5 heteroatoms. The average molecular weight is 309 g/mol. The van der Waals surface area contributed by atoms with Crippen LogP contribution in [0.4, 0.5) is 9.18 Å². The van der Waals surface area contributed by atoms with Crippen LogP contribution in [0.2, 0.25) is 0 Å². The number of aryl methyl sites for hydroxylation is 1. The van der Waals surface area contributed by atoms with Gasteiger partial charge in [0.2, 0.25) is 0 Å². The number of benzene rings is 1. The Balaban J connectivity index is 2.19. The Kier molecular flexibility index (Phi) is 4.75. The van der Waals surface area contributed by atoms with E-state index in [-0.39, 0.29) is 11.7 Å². The summed E-state index contributed by atoms with van der Waals surface area (Å²) in [7, 11) is 0.